The summed E-state index contributed by atoms with van der Waals surface area (Å²) >= 11 is 0. The van der Waals surface area contributed by atoms with Crippen LogP contribution in [-0.2, 0) is 10.9 Å². The van der Waals surface area contributed by atoms with Crippen molar-refractivity contribution in [1.29, 1.82) is 0 Å². The molecule has 0 N–H and O–H groups in total. The fraction of sp³-hybridized carbons (Fsp3) is 0.545. The molecule has 0 aliphatic carbocycles. The van der Waals surface area contributed by atoms with Crippen LogP contribution >= 0.6 is 0 Å². The van der Waals surface area contributed by atoms with E-state index in [4.69, 9.17) is 4.74 Å². The molecule has 1 saturated heterocycles. The standard InChI is InChI=1S/C11H13F3N2O/c1-8-6-9(11(12,13)14)15-10(7-8)16-2-4-17-5-3-16/h6-7H,2-5H2,1H3. The molecule has 1 aliphatic heterocycles. The van der Waals surface area contributed by atoms with Gasteiger partial charge in [0.05, 0.1) is 13.2 Å². The number of morpholine rings is 1. The Labute approximate surface area is 97.2 Å². The van der Waals surface area contributed by atoms with Crippen molar-refractivity contribution in [3.8, 4) is 0 Å². The first kappa shape index (κ1) is 12.2. The summed E-state index contributed by atoms with van der Waals surface area (Å²) < 4.78 is 43.0. The molecule has 0 aromatic carbocycles. The Morgan fingerprint density at radius 1 is 1.24 bits per heavy atom. The van der Waals surface area contributed by atoms with Crippen LogP contribution in [0.3, 0.4) is 0 Å². The number of aromatic nitrogens is 1. The predicted molar refractivity (Wildman–Crippen MR) is 57.0 cm³/mol. The van der Waals surface area contributed by atoms with Crippen molar-refractivity contribution in [2.75, 3.05) is 31.2 Å². The molecule has 0 radical (unpaired) electrons. The molecule has 0 saturated carbocycles. The maximum absolute atomic E-state index is 12.6. The summed E-state index contributed by atoms with van der Waals surface area (Å²) in [6, 6.07) is 2.73. The highest BCUT2D eigenvalue weighted by Crippen LogP contribution is 2.30. The Hall–Kier alpha value is -1.30. The van der Waals surface area contributed by atoms with Crippen LogP contribution in [0.15, 0.2) is 12.1 Å². The number of rotatable bonds is 1. The van der Waals surface area contributed by atoms with Gasteiger partial charge in [0.1, 0.15) is 11.5 Å². The van der Waals surface area contributed by atoms with Crippen molar-refractivity contribution < 1.29 is 17.9 Å². The topological polar surface area (TPSA) is 25.4 Å². The van der Waals surface area contributed by atoms with Crippen LogP contribution in [0, 0.1) is 6.92 Å². The smallest absolute Gasteiger partial charge is 0.378 e. The molecule has 0 atom stereocenters. The highest BCUT2D eigenvalue weighted by Gasteiger charge is 2.33. The lowest BCUT2D eigenvalue weighted by Gasteiger charge is -2.28. The van der Waals surface area contributed by atoms with Crippen LogP contribution in [0.5, 0.6) is 0 Å². The van der Waals surface area contributed by atoms with Gasteiger partial charge in [0.15, 0.2) is 0 Å². The number of halogens is 3. The molecule has 0 amide bonds. The third kappa shape index (κ3) is 2.88. The average molecular weight is 246 g/mol. The number of aryl methyl sites for hydroxylation is 1. The fourth-order valence-corrected chi connectivity index (χ4v) is 1.75. The van der Waals surface area contributed by atoms with Crippen LogP contribution in [0.2, 0.25) is 0 Å². The van der Waals surface area contributed by atoms with Gasteiger partial charge < -0.3 is 9.64 Å². The first-order valence-electron chi connectivity index (χ1n) is 5.35. The van der Waals surface area contributed by atoms with Crippen LogP contribution < -0.4 is 4.90 Å². The van der Waals surface area contributed by atoms with Crippen LogP contribution in [-0.4, -0.2) is 31.3 Å². The number of hydrogen-bond acceptors (Lipinski definition) is 3. The van der Waals surface area contributed by atoms with E-state index in [9.17, 15) is 13.2 Å². The minimum atomic E-state index is -4.40. The zero-order chi connectivity index (χ0) is 12.5. The maximum atomic E-state index is 12.6. The van der Waals surface area contributed by atoms with E-state index < -0.39 is 11.9 Å². The van der Waals surface area contributed by atoms with Crippen LogP contribution in [0.1, 0.15) is 11.3 Å². The number of pyridine rings is 1. The second-order valence-corrected chi connectivity index (χ2v) is 3.99. The SMILES string of the molecule is Cc1cc(N2CCOCC2)nc(C(F)(F)F)c1. The minimum Gasteiger partial charge on any atom is -0.378 e. The van der Waals surface area contributed by atoms with Crippen molar-refractivity contribution >= 4 is 5.82 Å². The number of anilines is 1. The molecule has 17 heavy (non-hydrogen) atoms. The summed E-state index contributed by atoms with van der Waals surface area (Å²) in [6.07, 6.45) is -4.40. The number of ether oxygens (including phenoxy) is 1. The number of alkyl halides is 3. The lowest BCUT2D eigenvalue weighted by atomic mass is 10.2. The van der Waals surface area contributed by atoms with E-state index in [-0.39, 0.29) is 0 Å². The van der Waals surface area contributed by atoms with E-state index in [1.54, 1.807) is 13.0 Å². The van der Waals surface area contributed by atoms with Gasteiger partial charge in [0, 0.05) is 13.1 Å². The summed E-state index contributed by atoms with van der Waals surface area (Å²) in [5.41, 5.74) is -0.271. The Kier molecular flexibility index (Phi) is 3.24. The normalized spacial score (nSPS) is 17.3. The molecule has 1 aromatic rings. The van der Waals surface area contributed by atoms with E-state index in [2.05, 4.69) is 4.98 Å². The summed E-state index contributed by atoms with van der Waals surface area (Å²) in [7, 11) is 0. The van der Waals surface area contributed by atoms with Crippen LogP contribution in [0.25, 0.3) is 0 Å². The quantitative estimate of drug-likeness (QED) is 0.760. The Bertz CT molecular complexity index is 400. The van der Waals surface area contributed by atoms with Gasteiger partial charge in [-0.05, 0) is 24.6 Å². The average Bonchev–Trinajstić information content (AvgIpc) is 2.28. The van der Waals surface area contributed by atoms with E-state index in [1.165, 1.54) is 0 Å². The van der Waals surface area contributed by atoms with Gasteiger partial charge in [-0.15, -0.1) is 0 Å². The second-order valence-electron chi connectivity index (χ2n) is 3.99. The monoisotopic (exact) mass is 246 g/mol. The van der Waals surface area contributed by atoms with Crippen molar-refractivity contribution in [3.05, 3.63) is 23.4 Å². The van der Waals surface area contributed by atoms with Gasteiger partial charge in [0.25, 0.3) is 0 Å². The summed E-state index contributed by atoms with van der Waals surface area (Å²) in [4.78, 5) is 5.49. The zero-order valence-corrected chi connectivity index (χ0v) is 9.42. The molecule has 1 fully saturated rings. The van der Waals surface area contributed by atoms with E-state index in [0.717, 1.165) is 6.07 Å². The Morgan fingerprint density at radius 3 is 2.47 bits per heavy atom. The minimum absolute atomic E-state index is 0.376. The number of nitrogens with zero attached hydrogens (tertiary/aromatic N) is 2. The van der Waals surface area contributed by atoms with Gasteiger partial charge >= 0.3 is 6.18 Å². The highest BCUT2D eigenvalue weighted by atomic mass is 19.4. The molecule has 2 rings (SSSR count). The van der Waals surface area contributed by atoms with Gasteiger partial charge in [0.2, 0.25) is 0 Å². The largest absolute Gasteiger partial charge is 0.433 e. The molecular weight excluding hydrogens is 233 g/mol. The highest BCUT2D eigenvalue weighted by molar-refractivity contribution is 5.43. The molecule has 94 valence electrons. The molecule has 1 aromatic heterocycles. The summed E-state index contributed by atoms with van der Waals surface area (Å²) in [5.74, 6) is 0.376. The Morgan fingerprint density at radius 2 is 1.88 bits per heavy atom. The van der Waals surface area contributed by atoms with Crippen molar-refractivity contribution in [2.24, 2.45) is 0 Å². The molecular formula is C11H13F3N2O. The second kappa shape index (κ2) is 4.52. The molecule has 1 aliphatic rings. The third-order valence-electron chi connectivity index (χ3n) is 2.58. The van der Waals surface area contributed by atoms with Gasteiger partial charge in [-0.25, -0.2) is 4.98 Å². The first-order chi connectivity index (χ1) is 7.97. The number of hydrogen-bond donors (Lipinski definition) is 0. The van der Waals surface area contributed by atoms with Crippen LogP contribution in [0.4, 0.5) is 19.0 Å². The van der Waals surface area contributed by atoms with E-state index in [0.29, 0.717) is 37.7 Å². The maximum Gasteiger partial charge on any atom is 0.433 e. The fourth-order valence-electron chi connectivity index (χ4n) is 1.75. The molecule has 0 unspecified atom stereocenters. The molecule has 0 bridgehead atoms. The van der Waals surface area contributed by atoms with Gasteiger partial charge in [-0.1, -0.05) is 0 Å². The van der Waals surface area contributed by atoms with Gasteiger partial charge in [-0.2, -0.15) is 13.2 Å². The van der Waals surface area contributed by atoms with Crippen molar-refractivity contribution in [2.45, 2.75) is 13.1 Å². The van der Waals surface area contributed by atoms with Crippen molar-refractivity contribution in [3.63, 3.8) is 0 Å². The molecule has 3 nitrogen and oxygen atoms in total. The zero-order valence-electron chi connectivity index (χ0n) is 9.42. The lowest BCUT2D eigenvalue weighted by Crippen LogP contribution is -2.37. The lowest BCUT2D eigenvalue weighted by molar-refractivity contribution is -0.141. The molecule has 6 heteroatoms. The Balaban J connectivity index is 2.31. The van der Waals surface area contributed by atoms with E-state index >= 15 is 0 Å². The first-order valence-corrected chi connectivity index (χ1v) is 5.35. The van der Waals surface area contributed by atoms with Gasteiger partial charge in [-0.3, -0.25) is 0 Å². The predicted octanol–water partition coefficient (Wildman–Crippen LogP) is 2.25. The van der Waals surface area contributed by atoms with Crippen molar-refractivity contribution in [1.82, 2.24) is 4.98 Å². The summed E-state index contributed by atoms with van der Waals surface area (Å²) in [6.45, 7) is 3.84. The summed E-state index contributed by atoms with van der Waals surface area (Å²) in [5, 5.41) is 0. The van der Waals surface area contributed by atoms with E-state index in [1.807, 2.05) is 4.90 Å². The third-order valence-corrected chi connectivity index (χ3v) is 2.58. The molecule has 2 heterocycles. The molecule has 0 spiro atoms.